The molecule has 46 heavy (non-hydrogen) atoms. The number of aliphatic hydroxyl groups is 1. The van der Waals surface area contributed by atoms with Gasteiger partial charge < -0.3 is 15.2 Å². The van der Waals surface area contributed by atoms with Crippen LogP contribution in [0.5, 0.6) is 0 Å². The van der Waals surface area contributed by atoms with Crippen LogP contribution in [0.15, 0.2) is 13.2 Å². The van der Waals surface area contributed by atoms with Crippen LogP contribution in [-0.4, -0.2) is 36.9 Å². The van der Waals surface area contributed by atoms with Crippen LogP contribution in [0, 0.1) is 0 Å². The highest BCUT2D eigenvalue weighted by molar-refractivity contribution is 5.69. The van der Waals surface area contributed by atoms with Crippen LogP contribution in [0.2, 0.25) is 0 Å². The van der Waals surface area contributed by atoms with E-state index in [1.165, 1.54) is 180 Å². The van der Waals surface area contributed by atoms with Crippen molar-refractivity contribution in [2.45, 2.75) is 232 Å². The monoisotopic (exact) mass is 652 g/mol. The molecule has 1 saturated carbocycles. The van der Waals surface area contributed by atoms with Gasteiger partial charge in [0.25, 0.3) is 0 Å². The summed E-state index contributed by atoms with van der Waals surface area (Å²) in [5.74, 6) is 0.00610. The van der Waals surface area contributed by atoms with Crippen LogP contribution in [0.25, 0.3) is 0 Å². The second-order valence-corrected chi connectivity index (χ2v) is 13.9. The average Bonchev–Trinajstić information content (AvgIpc) is 3.08. The molecule has 0 amide bonds. The van der Waals surface area contributed by atoms with Crippen molar-refractivity contribution in [2.75, 3.05) is 19.7 Å². The Morgan fingerprint density at radius 2 is 0.891 bits per heavy atom. The maximum atomic E-state index is 11.7. The van der Waals surface area contributed by atoms with Gasteiger partial charge in [-0.2, -0.15) is 0 Å². The summed E-state index contributed by atoms with van der Waals surface area (Å²) < 4.78 is 5.33. The first-order valence-corrected chi connectivity index (χ1v) is 20.7. The van der Waals surface area contributed by atoms with Crippen LogP contribution in [0.1, 0.15) is 226 Å². The number of hydrogen-bond donors (Lipinski definition) is 2. The van der Waals surface area contributed by atoms with Gasteiger partial charge in [0.2, 0.25) is 0 Å². The van der Waals surface area contributed by atoms with E-state index in [1.54, 1.807) is 0 Å². The molecule has 0 aromatic rings. The third kappa shape index (κ3) is 43.1. The fraction of sp³-hybridized carbons (Fsp3) is 0.929. The summed E-state index contributed by atoms with van der Waals surface area (Å²) in [4.78, 5) is 11.7. The highest BCUT2D eigenvalue weighted by Gasteiger charge is 2.05. The van der Waals surface area contributed by atoms with Gasteiger partial charge >= 0.3 is 5.97 Å². The van der Waals surface area contributed by atoms with Crippen molar-refractivity contribution in [3.05, 3.63) is 13.2 Å². The summed E-state index contributed by atoms with van der Waals surface area (Å²) >= 11 is 0. The lowest BCUT2D eigenvalue weighted by Crippen LogP contribution is -2.16. The van der Waals surface area contributed by atoms with E-state index in [-0.39, 0.29) is 12.1 Å². The van der Waals surface area contributed by atoms with E-state index in [1.807, 2.05) is 0 Å². The first kappa shape index (κ1) is 47.2. The molecular formula is C42H85NO3. The van der Waals surface area contributed by atoms with Crippen molar-refractivity contribution >= 4 is 5.97 Å². The minimum Gasteiger partial charge on any atom is -0.466 e. The molecule has 0 heterocycles. The fourth-order valence-corrected chi connectivity index (χ4v) is 6.19. The van der Waals surface area contributed by atoms with Gasteiger partial charge in [-0.05, 0) is 51.6 Å². The first-order valence-electron chi connectivity index (χ1n) is 20.7. The standard InChI is InChI=1S/C25H51NO2.C15H30O.C2H4/c1-3-5-7-9-11-16-20-24-28-25(27)21-17-13-12-15-19-23-26-22-18-14-10-8-6-4-2;16-15-13-11-9-7-5-3-1-2-4-6-8-10-12-14-15;1-2/h26H,3-24H2,1-2H3;15-16H,1-14H2;1-2H2. The van der Waals surface area contributed by atoms with Crippen molar-refractivity contribution in [3.63, 3.8) is 0 Å². The molecule has 0 atom stereocenters. The second-order valence-electron chi connectivity index (χ2n) is 13.9. The van der Waals surface area contributed by atoms with Crippen LogP contribution in [-0.2, 0) is 9.53 Å². The quantitative estimate of drug-likeness (QED) is 0.0655. The Hall–Kier alpha value is -0.870. The van der Waals surface area contributed by atoms with E-state index in [2.05, 4.69) is 32.3 Å². The zero-order chi connectivity index (χ0) is 34.0. The lowest BCUT2D eigenvalue weighted by atomic mass is 10.0. The maximum Gasteiger partial charge on any atom is 0.305 e. The average molecular weight is 652 g/mol. The molecule has 0 aliphatic heterocycles. The Kier molecular flexibility index (Phi) is 45.3. The molecule has 0 bridgehead atoms. The summed E-state index contributed by atoms with van der Waals surface area (Å²) in [6, 6.07) is 0. The number of carbonyl (C=O) groups excluding carboxylic acids is 1. The van der Waals surface area contributed by atoms with Crippen molar-refractivity contribution in [3.8, 4) is 0 Å². The summed E-state index contributed by atoms with van der Waals surface area (Å²) in [6.07, 6.45) is 42.2. The van der Waals surface area contributed by atoms with Crippen LogP contribution < -0.4 is 5.32 Å². The normalized spacial score (nSPS) is 15.4. The first-order chi connectivity index (χ1) is 22.7. The molecule has 0 aromatic heterocycles. The highest BCUT2D eigenvalue weighted by atomic mass is 16.5. The molecule has 0 radical (unpaired) electrons. The van der Waals surface area contributed by atoms with Gasteiger partial charge in [-0.25, -0.2) is 0 Å². The molecule has 0 aromatic carbocycles. The van der Waals surface area contributed by atoms with Gasteiger partial charge in [-0.1, -0.05) is 181 Å². The molecule has 1 fully saturated rings. The molecule has 1 rings (SSSR count). The van der Waals surface area contributed by atoms with E-state index in [0.29, 0.717) is 13.0 Å². The number of esters is 1. The topological polar surface area (TPSA) is 58.6 Å². The smallest absolute Gasteiger partial charge is 0.305 e. The summed E-state index contributed by atoms with van der Waals surface area (Å²) in [6.45, 7) is 13.5. The summed E-state index contributed by atoms with van der Waals surface area (Å²) in [5.41, 5.74) is 0. The van der Waals surface area contributed by atoms with Crippen LogP contribution in [0.3, 0.4) is 0 Å². The fourth-order valence-electron chi connectivity index (χ4n) is 6.19. The van der Waals surface area contributed by atoms with E-state index in [0.717, 1.165) is 38.6 Å². The minimum atomic E-state index is -0.00914. The third-order valence-electron chi connectivity index (χ3n) is 9.28. The largest absolute Gasteiger partial charge is 0.466 e. The number of carbonyl (C=O) groups is 1. The SMILES string of the molecule is C=C.CCCCCCCCCOC(=O)CCCCCCCNCCCCCCCC.OC1CCCCCCCCCCCCCC1. The van der Waals surface area contributed by atoms with Crippen molar-refractivity contribution in [1.82, 2.24) is 5.32 Å². The van der Waals surface area contributed by atoms with Gasteiger partial charge in [-0.15, -0.1) is 13.2 Å². The van der Waals surface area contributed by atoms with Crippen LogP contribution in [0.4, 0.5) is 0 Å². The summed E-state index contributed by atoms with van der Waals surface area (Å²) in [7, 11) is 0. The lowest BCUT2D eigenvalue weighted by Gasteiger charge is -2.09. The molecular weight excluding hydrogens is 566 g/mol. The molecule has 1 aliphatic carbocycles. The zero-order valence-electron chi connectivity index (χ0n) is 31.7. The Labute approximate surface area is 290 Å². The van der Waals surface area contributed by atoms with Gasteiger partial charge in [0, 0.05) is 6.42 Å². The number of hydrogen-bond acceptors (Lipinski definition) is 4. The zero-order valence-corrected chi connectivity index (χ0v) is 31.7. The lowest BCUT2D eigenvalue weighted by molar-refractivity contribution is -0.143. The van der Waals surface area contributed by atoms with Crippen molar-refractivity contribution < 1.29 is 14.6 Å². The van der Waals surface area contributed by atoms with E-state index in [9.17, 15) is 9.90 Å². The highest BCUT2D eigenvalue weighted by Crippen LogP contribution is 2.17. The maximum absolute atomic E-state index is 11.7. The Morgan fingerprint density at radius 3 is 1.33 bits per heavy atom. The molecule has 1 aliphatic rings. The number of nitrogens with one attached hydrogen (secondary N) is 1. The van der Waals surface area contributed by atoms with E-state index >= 15 is 0 Å². The molecule has 276 valence electrons. The second kappa shape index (κ2) is 44.1. The molecule has 0 unspecified atom stereocenters. The molecule has 4 nitrogen and oxygen atoms in total. The predicted molar refractivity (Wildman–Crippen MR) is 205 cm³/mol. The third-order valence-corrected chi connectivity index (χ3v) is 9.28. The molecule has 2 N–H and O–H groups in total. The van der Waals surface area contributed by atoms with Gasteiger partial charge in [-0.3, -0.25) is 4.79 Å². The molecule has 0 saturated heterocycles. The Morgan fingerprint density at radius 1 is 0.543 bits per heavy atom. The number of ether oxygens (including phenoxy) is 1. The Bertz CT molecular complexity index is 539. The molecule has 4 heteroatoms. The van der Waals surface area contributed by atoms with Gasteiger partial charge in [0.05, 0.1) is 12.7 Å². The number of rotatable bonds is 23. The molecule has 0 spiro atoms. The Balaban J connectivity index is 0. The van der Waals surface area contributed by atoms with E-state index in [4.69, 9.17) is 4.74 Å². The van der Waals surface area contributed by atoms with Gasteiger partial charge in [0.1, 0.15) is 0 Å². The predicted octanol–water partition coefficient (Wildman–Crippen LogP) is 13.2. The van der Waals surface area contributed by atoms with Crippen molar-refractivity contribution in [1.29, 1.82) is 0 Å². The van der Waals surface area contributed by atoms with Crippen LogP contribution >= 0.6 is 0 Å². The number of aliphatic hydroxyl groups excluding tert-OH is 1. The van der Waals surface area contributed by atoms with Crippen molar-refractivity contribution in [2.24, 2.45) is 0 Å². The number of unbranched alkanes of at least 4 members (excludes halogenated alkanes) is 15. The van der Waals surface area contributed by atoms with Gasteiger partial charge in [0.15, 0.2) is 0 Å². The van der Waals surface area contributed by atoms with E-state index < -0.39 is 0 Å². The minimum absolute atomic E-state index is 0.00610. The summed E-state index contributed by atoms with van der Waals surface area (Å²) in [5, 5.41) is 13.3.